The van der Waals surface area contributed by atoms with E-state index < -0.39 is 23.3 Å². The molecule has 2 rings (SSSR count). The van der Waals surface area contributed by atoms with E-state index in [1.165, 1.54) is 32.1 Å². The minimum absolute atomic E-state index is 0.298. The van der Waals surface area contributed by atoms with Crippen LogP contribution in [0, 0.1) is 5.92 Å². The van der Waals surface area contributed by atoms with Crippen molar-refractivity contribution in [2.45, 2.75) is 64.7 Å². The van der Waals surface area contributed by atoms with E-state index in [2.05, 4.69) is 22.8 Å². The van der Waals surface area contributed by atoms with Crippen molar-refractivity contribution >= 4 is 23.4 Å². The predicted octanol–water partition coefficient (Wildman–Crippen LogP) is 3.20. The van der Waals surface area contributed by atoms with Crippen LogP contribution in [0.5, 0.6) is 0 Å². The maximum Gasteiger partial charge on any atom is 0.286 e. The van der Waals surface area contributed by atoms with Gasteiger partial charge in [-0.05, 0) is 12.5 Å². The number of nitrogens with one attached hydrogen (secondary N) is 2. The van der Waals surface area contributed by atoms with Crippen LogP contribution in [0.25, 0.3) is 0 Å². The minimum atomic E-state index is -0.863. The highest BCUT2D eigenvalue weighted by Crippen LogP contribution is 2.25. The summed E-state index contributed by atoms with van der Waals surface area (Å²) in [6.45, 7) is 2.19. The highest BCUT2D eigenvalue weighted by molar-refractivity contribution is 6.25. The lowest BCUT2D eigenvalue weighted by Gasteiger charge is -2.21. The number of amides is 3. The molecular formula is C21H29N3O4. The van der Waals surface area contributed by atoms with Gasteiger partial charge in [-0.2, -0.15) is 0 Å². The van der Waals surface area contributed by atoms with Gasteiger partial charge in [0.2, 0.25) is 5.91 Å². The number of rotatable bonds is 10. The Hall–Kier alpha value is -2.70. The smallest absolute Gasteiger partial charge is 0.286 e. The van der Waals surface area contributed by atoms with E-state index in [1.807, 2.05) is 0 Å². The fraction of sp³-hybridized carbons (Fsp3) is 0.524. The number of hydrazine groups is 1. The zero-order valence-electron chi connectivity index (χ0n) is 16.4. The van der Waals surface area contributed by atoms with Crippen molar-refractivity contribution in [1.82, 2.24) is 10.9 Å². The van der Waals surface area contributed by atoms with Crippen molar-refractivity contribution in [3.05, 3.63) is 35.6 Å². The van der Waals surface area contributed by atoms with Gasteiger partial charge >= 0.3 is 0 Å². The van der Waals surface area contributed by atoms with Crippen molar-refractivity contribution in [2.24, 2.45) is 10.9 Å². The molecule has 1 unspecified atom stereocenters. The summed E-state index contributed by atoms with van der Waals surface area (Å²) in [5, 5.41) is 10.3. The number of hydrogen-bond acceptors (Lipinski definition) is 4. The number of carbonyl (C=O) groups excluding carboxylic acids is 3. The molecule has 1 atom stereocenters. The van der Waals surface area contributed by atoms with Crippen LogP contribution in [0.1, 0.15) is 64.7 Å². The topological polar surface area (TPSA) is 108 Å². The highest BCUT2D eigenvalue weighted by Gasteiger charge is 2.34. The minimum Gasteiger partial charge on any atom is -0.510 e. The lowest BCUT2D eigenvalue weighted by Crippen LogP contribution is -2.44. The van der Waals surface area contributed by atoms with Gasteiger partial charge in [-0.25, -0.2) is 4.99 Å². The van der Waals surface area contributed by atoms with E-state index >= 15 is 0 Å². The number of aliphatic imine (C=N–C) groups is 1. The Morgan fingerprint density at radius 2 is 1.71 bits per heavy atom. The number of fused-ring (bicyclic) bond motifs is 1. The third kappa shape index (κ3) is 6.18. The largest absolute Gasteiger partial charge is 0.510 e. The molecule has 0 saturated heterocycles. The van der Waals surface area contributed by atoms with E-state index in [0.717, 1.165) is 19.3 Å². The molecule has 3 N–H and O–H groups in total. The van der Waals surface area contributed by atoms with E-state index in [4.69, 9.17) is 0 Å². The predicted molar refractivity (Wildman–Crippen MR) is 107 cm³/mol. The van der Waals surface area contributed by atoms with Crippen LogP contribution in [0.15, 0.2) is 40.6 Å². The first kappa shape index (κ1) is 21.6. The molecule has 0 radical (unpaired) electrons. The number of nitrogens with zero attached hydrogens (tertiary/aromatic N) is 1. The number of aliphatic hydroxyl groups excluding tert-OH is 1. The quantitative estimate of drug-likeness (QED) is 0.304. The highest BCUT2D eigenvalue weighted by atomic mass is 16.3. The molecular weight excluding hydrogens is 358 g/mol. The van der Waals surface area contributed by atoms with E-state index in [0.29, 0.717) is 12.1 Å². The SMILES string of the molecule is CCCCCCCCCCC(=O)NNC(=O)C1=C(O)C2C=CC=CC2=NC1=O. The summed E-state index contributed by atoms with van der Waals surface area (Å²) in [6.07, 6.45) is 16.0. The summed E-state index contributed by atoms with van der Waals surface area (Å²) in [6, 6.07) is 0. The summed E-state index contributed by atoms with van der Waals surface area (Å²) in [7, 11) is 0. The Balaban J connectivity index is 1.70. The molecule has 0 spiro atoms. The second-order valence-corrected chi connectivity index (χ2v) is 7.05. The van der Waals surface area contributed by atoms with Gasteiger partial charge in [0.15, 0.2) is 0 Å². The average Bonchev–Trinajstić information content (AvgIpc) is 2.68. The molecule has 0 saturated carbocycles. The van der Waals surface area contributed by atoms with Crippen LogP contribution < -0.4 is 10.9 Å². The summed E-state index contributed by atoms with van der Waals surface area (Å²) >= 11 is 0. The first-order valence-corrected chi connectivity index (χ1v) is 10.0. The summed E-state index contributed by atoms with van der Waals surface area (Å²) in [4.78, 5) is 40.0. The maximum absolute atomic E-state index is 12.2. The molecule has 152 valence electrons. The van der Waals surface area contributed by atoms with Crippen molar-refractivity contribution in [3.8, 4) is 0 Å². The molecule has 1 aliphatic carbocycles. The van der Waals surface area contributed by atoms with Crippen molar-refractivity contribution in [2.75, 3.05) is 0 Å². The Morgan fingerprint density at radius 1 is 1.04 bits per heavy atom. The number of hydrogen-bond donors (Lipinski definition) is 3. The van der Waals surface area contributed by atoms with Crippen molar-refractivity contribution < 1.29 is 19.5 Å². The summed E-state index contributed by atoms with van der Waals surface area (Å²) < 4.78 is 0. The molecule has 0 fully saturated rings. The van der Waals surface area contributed by atoms with Crippen molar-refractivity contribution in [1.29, 1.82) is 0 Å². The van der Waals surface area contributed by atoms with Gasteiger partial charge in [0.25, 0.3) is 11.8 Å². The second kappa shape index (κ2) is 11.2. The molecule has 1 aliphatic heterocycles. The normalized spacial score (nSPS) is 18.0. The van der Waals surface area contributed by atoms with Gasteiger partial charge in [-0.1, -0.05) is 70.1 Å². The lowest BCUT2D eigenvalue weighted by molar-refractivity contribution is -0.129. The molecule has 0 bridgehead atoms. The average molecular weight is 387 g/mol. The number of carbonyl (C=O) groups is 3. The summed E-state index contributed by atoms with van der Waals surface area (Å²) in [5.41, 5.74) is 4.44. The third-order valence-electron chi connectivity index (χ3n) is 4.80. The van der Waals surface area contributed by atoms with Crippen LogP contribution in [0.3, 0.4) is 0 Å². The van der Waals surface area contributed by atoms with E-state index in [-0.39, 0.29) is 11.7 Å². The molecule has 2 aliphatic rings. The van der Waals surface area contributed by atoms with Gasteiger partial charge in [-0.3, -0.25) is 25.2 Å². The van der Waals surface area contributed by atoms with Crippen LogP contribution >= 0.6 is 0 Å². The number of dihydropyridines is 1. The Bertz CT molecular complexity index is 719. The standard InChI is InChI=1S/C21H29N3O4/c1-2-3-4-5-6-7-8-9-14-17(25)23-24-21(28)18-19(26)15-12-10-11-13-16(15)22-20(18)27/h10-13,15,26H,2-9,14H2,1H3,(H,23,25)(H,24,28). The van der Waals surface area contributed by atoms with E-state index in [9.17, 15) is 19.5 Å². The van der Waals surface area contributed by atoms with Gasteiger partial charge in [-0.15, -0.1) is 0 Å². The van der Waals surface area contributed by atoms with Crippen LogP contribution in [-0.4, -0.2) is 28.5 Å². The Kier molecular flexibility index (Phi) is 8.65. The fourth-order valence-electron chi connectivity index (χ4n) is 3.19. The molecule has 3 amide bonds. The van der Waals surface area contributed by atoms with Crippen molar-refractivity contribution in [3.63, 3.8) is 0 Å². The first-order chi connectivity index (χ1) is 13.5. The zero-order chi connectivity index (χ0) is 20.4. The van der Waals surface area contributed by atoms with Crippen LogP contribution in [-0.2, 0) is 14.4 Å². The molecule has 0 aromatic carbocycles. The van der Waals surface area contributed by atoms with Gasteiger partial charge in [0, 0.05) is 6.42 Å². The molecule has 28 heavy (non-hydrogen) atoms. The van der Waals surface area contributed by atoms with Gasteiger partial charge < -0.3 is 5.11 Å². The van der Waals surface area contributed by atoms with Gasteiger partial charge in [0.1, 0.15) is 11.3 Å². The molecule has 7 nitrogen and oxygen atoms in total. The monoisotopic (exact) mass is 387 g/mol. The number of aliphatic hydroxyl groups is 1. The van der Waals surface area contributed by atoms with Gasteiger partial charge in [0.05, 0.1) is 11.6 Å². The summed E-state index contributed by atoms with van der Waals surface area (Å²) in [5.74, 6) is -2.98. The fourth-order valence-corrected chi connectivity index (χ4v) is 3.19. The number of unbranched alkanes of at least 4 members (excludes halogenated alkanes) is 7. The van der Waals surface area contributed by atoms with Crippen LogP contribution in [0.2, 0.25) is 0 Å². The Labute approximate surface area is 165 Å². The Morgan fingerprint density at radius 3 is 2.43 bits per heavy atom. The molecule has 0 aromatic rings. The maximum atomic E-state index is 12.2. The molecule has 0 aromatic heterocycles. The first-order valence-electron chi connectivity index (χ1n) is 10.0. The number of allylic oxidation sites excluding steroid dienone is 4. The zero-order valence-corrected chi connectivity index (χ0v) is 16.4. The lowest BCUT2D eigenvalue weighted by atomic mass is 9.90. The molecule has 1 heterocycles. The molecule has 7 heteroatoms. The van der Waals surface area contributed by atoms with Crippen LogP contribution in [0.4, 0.5) is 0 Å². The van der Waals surface area contributed by atoms with E-state index in [1.54, 1.807) is 24.3 Å². The third-order valence-corrected chi connectivity index (χ3v) is 4.80. The second-order valence-electron chi connectivity index (χ2n) is 7.05.